The summed E-state index contributed by atoms with van der Waals surface area (Å²) in [6.45, 7) is 4.06. The lowest BCUT2D eigenvalue weighted by molar-refractivity contribution is -0.144. The van der Waals surface area contributed by atoms with E-state index in [1.165, 1.54) is 6.07 Å². The number of halogens is 3. The number of nitrogens with zero attached hydrogens (tertiary/aromatic N) is 2. The summed E-state index contributed by atoms with van der Waals surface area (Å²) < 4.78 is 9.94. The average molecular weight is 420 g/mol. The molecule has 0 saturated heterocycles. The Morgan fingerprint density at radius 1 is 1.19 bits per heavy atom. The molecule has 0 aliphatic heterocycles. The highest BCUT2D eigenvalue weighted by Crippen LogP contribution is 2.39. The topological polar surface area (TPSA) is 88.8 Å². The Hall–Kier alpha value is -1.81. The van der Waals surface area contributed by atoms with Crippen molar-refractivity contribution in [1.29, 1.82) is 5.26 Å². The highest BCUT2D eigenvalue weighted by molar-refractivity contribution is 6.47. The SMILES string of the molecule is CCCOC(=O)c1c(Cl)c(Cl)cc(N=CC(C#N)C(=O)OCCC)c1Cl. The number of benzene rings is 1. The van der Waals surface area contributed by atoms with E-state index in [1.54, 1.807) is 6.07 Å². The fourth-order valence-electron chi connectivity index (χ4n) is 1.72. The predicted octanol–water partition coefficient (Wildman–Crippen LogP) is 5.01. The zero-order chi connectivity index (χ0) is 19.7. The minimum Gasteiger partial charge on any atom is -0.464 e. The van der Waals surface area contributed by atoms with Crippen LogP contribution in [-0.2, 0) is 14.3 Å². The van der Waals surface area contributed by atoms with Crippen LogP contribution < -0.4 is 0 Å². The zero-order valence-electron chi connectivity index (χ0n) is 14.2. The number of nitriles is 1. The van der Waals surface area contributed by atoms with Gasteiger partial charge in [-0.25, -0.2) is 4.79 Å². The summed E-state index contributed by atoms with van der Waals surface area (Å²) in [5.74, 6) is -2.68. The number of aliphatic imine (C=N–C) groups is 1. The lowest BCUT2D eigenvalue weighted by Gasteiger charge is -2.11. The van der Waals surface area contributed by atoms with Crippen LogP contribution in [0.1, 0.15) is 37.0 Å². The standard InChI is InChI=1S/C17H17Cl3N2O4/c1-3-5-25-16(23)10(8-21)9-22-12-7-11(18)14(19)13(15(12)20)17(24)26-6-4-2/h7,9-10H,3-6H2,1-2H3. The zero-order valence-corrected chi connectivity index (χ0v) is 16.5. The molecule has 0 bridgehead atoms. The van der Waals surface area contributed by atoms with Gasteiger partial charge in [-0.3, -0.25) is 9.79 Å². The van der Waals surface area contributed by atoms with Crippen molar-refractivity contribution in [2.75, 3.05) is 13.2 Å². The monoisotopic (exact) mass is 418 g/mol. The first-order valence-electron chi connectivity index (χ1n) is 7.82. The highest BCUT2D eigenvalue weighted by atomic mass is 35.5. The van der Waals surface area contributed by atoms with Crippen molar-refractivity contribution < 1.29 is 19.1 Å². The third-order valence-electron chi connectivity index (χ3n) is 2.98. The number of hydrogen-bond acceptors (Lipinski definition) is 6. The summed E-state index contributed by atoms with van der Waals surface area (Å²) in [6, 6.07) is 3.10. The average Bonchev–Trinajstić information content (AvgIpc) is 2.62. The largest absolute Gasteiger partial charge is 0.464 e. The van der Waals surface area contributed by atoms with Gasteiger partial charge >= 0.3 is 11.9 Å². The molecule has 140 valence electrons. The van der Waals surface area contributed by atoms with Gasteiger partial charge in [0, 0.05) is 6.21 Å². The molecule has 0 N–H and O–H groups in total. The molecule has 1 atom stereocenters. The van der Waals surface area contributed by atoms with E-state index in [2.05, 4.69) is 4.99 Å². The molecule has 6 nitrogen and oxygen atoms in total. The normalized spacial score (nSPS) is 11.8. The fourth-order valence-corrected chi connectivity index (χ4v) is 2.47. The molecule has 1 aromatic rings. The molecule has 0 fully saturated rings. The first kappa shape index (κ1) is 22.2. The van der Waals surface area contributed by atoms with Crippen molar-refractivity contribution >= 4 is 58.6 Å². The molecule has 0 aromatic heterocycles. The van der Waals surface area contributed by atoms with Crippen LogP contribution in [0.15, 0.2) is 11.1 Å². The van der Waals surface area contributed by atoms with Gasteiger partial charge in [0.05, 0.1) is 40.0 Å². The van der Waals surface area contributed by atoms with E-state index >= 15 is 0 Å². The molecule has 1 rings (SSSR count). The van der Waals surface area contributed by atoms with E-state index in [1.807, 2.05) is 13.8 Å². The van der Waals surface area contributed by atoms with Gasteiger partial charge in [0.15, 0.2) is 5.92 Å². The van der Waals surface area contributed by atoms with Gasteiger partial charge in [0.25, 0.3) is 0 Å². The Bertz CT molecular complexity index is 745. The Kier molecular flexibility index (Phi) is 9.42. The molecule has 0 heterocycles. The quantitative estimate of drug-likeness (QED) is 0.336. The molecule has 9 heteroatoms. The predicted molar refractivity (Wildman–Crippen MR) is 101 cm³/mol. The smallest absolute Gasteiger partial charge is 0.341 e. The molecule has 26 heavy (non-hydrogen) atoms. The maximum atomic E-state index is 12.1. The van der Waals surface area contributed by atoms with Crippen molar-refractivity contribution in [2.24, 2.45) is 10.9 Å². The van der Waals surface area contributed by atoms with E-state index in [9.17, 15) is 9.59 Å². The number of hydrogen-bond donors (Lipinski definition) is 0. The third-order valence-corrected chi connectivity index (χ3v) is 4.15. The second kappa shape index (κ2) is 11.0. The summed E-state index contributed by atoms with van der Waals surface area (Å²) in [4.78, 5) is 27.9. The van der Waals surface area contributed by atoms with Gasteiger partial charge < -0.3 is 9.47 Å². The summed E-state index contributed by atoms with van der Waals surface area (Å²) in [5.41, 5.74) is -0.0449. The van der Waals surface area contributed by atoms with Crippen LogP contribution in [0, 0.1) is 17.2 Å². The Labute approximate surface area is 166 Å². The molecule has 0 saturated carbocycles. The maximum absolute atomic E-state index is 12.1. The van der Waals surface area contributed by atoms with Gasteiger partial charge in [-0.2, -0.15) is 5.26 Å². The van der Waals surface area contributed by atoms with Crippen LogP contribution in [0.5, 0.6) is 0 Å². The first-order valence-corrected chi connectivity index (χ1v) is 8.95. The second-order valence-corrected chi connectivity index (χ2v) is 6.23. The Morgan fingerprint density at radius 3 is 2.38 bits per heavy atom. The van der Waals surface area contributed by atoms with Crippen molar-refractivity contribution in [2.45, 2.75) is 26.7 Å². The maximum Gasteiger partial charge on any atom is 0.341 e. The highest BCUT2D eigenvalue weighted by Gasteiger charge is 2.23. The van der Waals surface area contributed by atoms with Gasteiger partial charge in [0.2, 0.25) is 0 Å². The molecule has 0 amide bonds. The second-order valence-electron chi connectivity index (χ2n) is 5.07. The molecular formula is C17H17Cl3N2O4. The van der Waals surface area contributed by atoms with E-state index < -0.39 is 17.9 Å². The third kappa shape index (κ3) is 5.87. The van der Waals surface area contributed by atoms with Gasteiger partial charge in [-0.05, 0) is 18.9 Å². The number of carbonyl (C=O) groups excluding carboxylic acids is 2. The Balaban J connectivity index is 3.17. The van der Waals surface area contributed by atoms with Crippen LogP contribution in [0.25, 0.3) is 0 Å². The summed E-state index contributed by atoms with van der Waals surface area (Å²) in [6.07, 6.45) is 2.32. The lowest BCUT2D eigenvalue weighted by Crippen LogP contribution is -2.17. The number of carbonyl (C=O) groups is 2. The summed E-state index contributed by atoms with van der Waals surface area (Å²) >= 11 is 18.3. The van der Waals surface area contributed by atoms with Crippen molar-refractivity contribution in [3.05, 3.63) is 26.7 Å². The minimum absolute atomic E-state index is 0.0359. The summed E-state index contributed by atoms with van der Waals surface area (Å²) in [7, 11) is 0. The molecular weight excluding hydrogens is 403 g/mol. The molecule has 0 aliphatic rings. The molecule has 0 spiro atoms. The molecule has 0 aliphatic carbocycles. The van der Waals surface area contributed by atoms with Crippen molar-refractivity contribution in [3.63, 3.8) is 0 Å². The van der Waals surface area contributed by atoms with E-state index in [-0.39, 0.29) is 39.5 Å². The lowest BCUT2D eigenvalue weighted by atomic mass is 10.1. The fraction of sp³-hybridized carbons (Fsp3) is 0.412. The van der Waals surface area contributed by atoms with Gasteiger partial charge in [0.1, 0.15) is 5.56 Å². The van der Waals surface area contributed by atoms with Crippen molar-refractivity contribution in [1.82, 2.24) is 0 Å². The van der Waals surface area contributed by atoms with Crippen LogP contribution >= 0.6 is 34.8 Å². The number of ether oxygens (including phenoxy) is 2. The van der Waals surface area contributed by atoms with Crippen LogP contribution in [0.3, 0.4) is 0 Å². The van der Waals surface area contributed by atoms with Crippen LogP contribution in [0.4, 0.5) is 5.69 Å². The van der Waals surface area contributed by atoms with E-state index in [0.717, 1.165) is 6.21 Å². The van der Waals surface area contributed by atoms with E-state index in [4.69, 9.17) is 49.5 Å². The van der Waals surface area contributed by atoms with Gasteiger partial charge in [-0.1, -0.05) is 48.7 Å². The number of esters is 2. The molecule has 0 radical (unpaired) electrons. The first-order chi connectivity index (χ1) is 12.4. The Morgan fingerprint density at radius 2 is 1.81 bits per heavy atom. The van der Waals surface area contributed by atoms with Crippen LogP contribution in [0.2, 0.25) is 15.1 Å². The van der Waals surface area contributed by atoms with Gasteiger partial charge in [-0.15, -0.1) is 0 Å². The number of rotatable bonds is 8. The summed E-state index contributed by atoms with van der Waals surface area (Å²) in [5, 5.41) is 8.97. The van der Waals surface area contributed by atoms with Crippen LogP contribution in [-0.4, -0.2) is 31.4 Å². The van der Waals surface area contributed by atoms with Crippen molar-refractivity contribution in [3.8, 4) is 6.07 Å². The molecule has 1 aromatic carbocycles. The van der Waals surface area contributed by atoms with E-state index in [0.29, 0.717) is 12.8 Å². The minimum atomic E-state index is -1.22. The molecule has 1 unspecified atom stereocenters.